The van der Waals surface area contributed by atoms with E-state index < -0.39 is 0 Å². The van der Waals surface area contributed by atoms with Crippen molar-refractivity contribution in [3.05, 3.63) is 52.0 Å². The van der Waals surface area contributed by atoms with Gasteiger partial charge in [0.2, 0.25) is 0 Å². The molecule has 0 saturated heterocycles. The molecular weight excluding hydrogens is 298 g/mol. The third-order valence-electron chi connectivity index (χ3n) is 3.21. The highest BCUT2D eigenvalue weighted by Gasteiger charge is 2.15. The van der Waals surface area contributed by atoms with E-state index >= 15 is 0 Å². The molecule has 1 atom stereocenters. The first-order chi connectivity index (χ1) is 10.6. The van der Waals surface area contributed by atoms with E-state index in [1.807, 2.05) is 37.3 Å². The molecule has 0 aliphatic carbocycles. The van der Waals surface area contributed by atoms with Crippen LogP contribution in [0, 0.1) is 0 Å². The second-order valence-electron chi connectivity index (χ2n) is 4.92. The molecule has 5 nitrogen and oxygen atoms in total. The maximum atomic E-state index is 12.1. The molecule has 0 aliphatic heterocycles. The number of rotatable bonds is 6. The lowest BCUT2D eigenvalue weighted by Crippen LogP contribution is -2.28. The van der Waals surface area contributed by atoms with Crippen LogP contribution in [0.25, 0.3) is 0 Å². The molecule has 2 aromatic rings. The van der Waals surface area contributed by atoms with Crippen LogP contribution in [-0.4, -0.2) is 29.9 Å². The van der Waals surface area contributed by atoms with Crippen molar-refractivity contribution in [2.75, 3.05) is 13.1 Å². The van der Waals surface area contributed by atoms with Crippen LogP contribution in [0.5, 0.6) is 0 Å². The zero-order valence-electron chi connectivity index (χ0n) is 12.6. The lowest BCUT2D eigenvalue weighted by Gasteiger charge is -2.12. The van der Waals surface area contributed by atoms with Gasteiger partial charge in [0, 0.05) is 18.5 Å². The fraction of sp³-hybridized carbons (Fsp3) is 0.312. The molecule has 116 valence electrons. The van der Waals surface area contributed by atoms with E-state index in [0.29, 0.717) is 18.1 Å². The number of amides is 2. The number of benzene rings is 1. The van der Waals surface area contributed by atoms with Gasteiger partial charge >= 0.3 is 0 Å². The second kappa shape index (κ2) is 7.70. The van der Waals surface area contributed by atoms with Gasteiger partial charge in [-0.05, 0) is 18.4 Å². The minimum absolute atomic E-state index is 0.214. The first kappa shape index (κ1) is 16.2. The number of aromatic nitrogens is 1. The fourth-order valence-corrected chi connectivity index (χ4v) is 2.67. The van der Waals surface area contributed by atoms with Crippen LogP contribution in [0.3, 0.4) is 0 Å². The first-order valence-corrected chi connectivity index (χ1v) is 8.06. The first-order valence-electron chi connectivity index (χ1n) is 7.18. The van der Waals surface area contributed by atoms with Gasteiger partial charge in [-0.2, -0.15) is 0 Å². The Morgan fingerprint density at radius 3 is 2.59 bits per heavy atom. The predicted molar refractivity (Wildman–Crippen MR) is 87.3 cm³/mol. The molecule has 22 heavy (non-hydrogen) atoms. The average Bonchev–Trinajstić information content (AvgIpc) is 3.03. The van der Waals surface area contributed by atoms with E-state index in [-0.39, 0.29) is 23.4 Å². The van der Waals surface area contributed by atoms with E-state index in [0.717, 1.165) is 0 Å². The molecule has 0 radical (unpaired) electrons. The van der Waals surface area contributed by atoms with Crippen LogP contribution in [0.15, 0.2) is 35.7 Å². The maximum Gasteiger partial charge on any atom is 0.280 e. The van der Waals surface area contributed by atoms with Gasteiger partial charge in [-0.15, -0.1) is 11.3 Å². The molecule has 6 heteroatoms. The standard InChI is InChI=1S/C16H19N3O2S/c1-3-17-15(21)16-19-13(10-22-16)14(20)18-9-11(2)12-7-5-4-6-8-12/h4-8,10-11H,3,9H2,1-2H3,(H,17,21)(H,18,20)/t11-/m1/s1. The summed E-state index contributed by atoms with van der Waals surface area (Å²) in [6.45, 7) is 4.95. The number of nitrogens with one attached hydrogen (secondary N) is 2. The molecule has 2 amide bonds. The summed E-state index contributed by atoms with van der Waals surface area (Å²) in [7, 11) is 0. The Morgan fingerprint density at radius 2 is 1.91 bits per heavy atom. The van der Waals surface area contributed by atoms with E-state index in [9.17, 15) is 9.59 Å². The number of carbonyl (C=O) groups excluding carboxylic acids is 2. The van der Waals surface area contributed by atoms with Gasteiger partial charge in [-0.3, -0.25) is 9.59 Å². The molecule has 1 aromatic carbocycles. The van der Waals surface area contributed by atoms with Crippen molar-refractivity contribution in [1.82, 2.24) is 15.6 Å². The van der Waals surface area contributed by atoms with Crippen LogP contribution in [0.4, 0.5) is 0 Å². The third-order valence-corrected chi connectivity index (χ3v) is 4.05. The van der Waals surface area contributed by atoms with Crippen molar-refractivity contribution in [3.8, 4) is 0 Å². The SMILES string of the molecule is CCNC(=O)c1nc(C(=O)NC[C@@H](C)c2ccccc2)cs1. The lowest BCUT2D eigenvalue weighted by atomic mass is 10.0. The lowest BCUT2D eigenvalue weighted by molar-refractivity contribution is 0.0947. The molecule has 2 N–H and O–H groups in total. The van der Waals surface area contributed by atoms with Gasteiger partial charge in [0.05, 0.1) is 0 Å². The summed E-state index contributed by atoms with van der Waals surface area (Å²) < 4.78 is 0. The molecule has 2 rings (SSSR count). The van der Waals surface area contributed by atoms with Crippen LogP contribution >= 0.6 is 11.3 Å². The molecular formula is C16H19N3O2S. The van der Waals surface area contributed by atoms with E-state index in [2.05, 4.69) is 22.5 Å². The summed E-state index contributed by atoms with van der Waals surface area (Å²) in [6.07, 6.45) is 0. The molecule has 0 bridgehead atoms. The highest BCUT2D eigenvalue weighted by molar-refractivity contribution is 7.11. The number of carbonyl (C=O) groups is 2. The zero-order valence-corrected chi connectivity index (χ0v) is 13.4. The Bertz CT molecular complexity index is 640. The van der Waals surface area contributed by atoms with E-state index in [1.165, 1.54) is 16.9 Å². The molecule has 0 unspecified atom stereocenters. The van der Waals surface area contributed by atoms with Crippen LogP contribution < -0.4 is 10.6 Å². The predicted octanol–water partition coefficient (Wildman–Crippen LogP) is 2.43. The van der Waals surface area contributed by atoms with E-state index in [1.54, 1.807) is 5.38 Å². The molecule has 0 aliphatic rings. The second-order valence-corrected chi connectivity index (χ2v) is 5.78. The maximum absolute atomic E-state index is 12.1. The molecule has 0 spiro atoms. The van der Waals surface area contributed by atoms with Gasteiger partial charge in [0.25, 0.3) is 11.8 Å². The van der Waals surface area contributed by atoms with Crippen LogP contribution in [-0.2, 0) is 0 Å². The van der Waals surface area contributed by atoms with Gasteiger partial charge in [-0.1, -0.05) is 37.3 Å². The summed E-state index contributed by atoms with van der Waals surface area (Å²) in [6, 6.07) is 9.99. The summed E-state index contributed by atoms with van der Waals surface area (Å²) in [4.78, 5) is 27.8. The monoisotopic (exact) mass is 317 g/mol. The van der Waals surface area contributed by atoms with Gasteiger partial charge in [0.15, 0.2) is 5.01 Å². The Hall–Kier alpha value is -2.21. The van der Waals surface area contributed by atoms with Crippen molar-refractivity contribution in [3.63, 3.8) is 0 Å². The number of hydrogen-bond acceptors (Lipinski definition) is 4. The number of nitrogens with zero attached hydrogens (tertiary/aromatic N) is 1. The van der Waals surface area contributed by atoms with E-state index in [4.69, 9.17) is 0 Å². The van der Waals surface area contributed by atoms with Crippen molar-refractivity contribution in [2.24, 2.45) is 0 Å². The summed E-state index contributed by atoms with van der Waals surface area (Å²) in [5.74, 6) is -0.287. The fourth-order valence-electron chi connectivity index (χ4n) is 1.95. The Balaban J connectivity index is 1.91. The third kappa shape index (κ3) is 4.14. The summed E-state index contributed by atoms with van der Waals surface area (Å²) in [5.41, 5.74) is 1.45. The molecule has 0 fully saturated rings. The van der Waals surface area contributed by atoms with Crippen molar-refractivity contribution in [2.45, 2.75) is 19.8 Å². The summed E-state index contributed by atoms with van der Waals surface area (Å²) in [5, 5.41) is 7.43. The molecule has 1 heterocycles. The van der Waals surface area contributed by atoms with Gasteiger partial charge in [0.1, 0.15) is 5.69 Å². The molecule has 0 saturated carbocycles. The average molecular weight is 317 g/mol. The molecule has 1 aromatic heterocycles. The topological polar surface area (TPSA) is 71.1 Å². The quantitative estimate of drug-likeness (QED) is 0.859. The van der Waals surface area contributed by atoms with Gasteiger partial charge < -0.3 is 10.6 Å². The number of thiazole rings is 1. The van der Waals surface area contributed by atoms with Crippen molar-refractivity contribution >= 4 is 23.2 Å². The smallest absolute Gasteiger partial charge is 0.280 e. The highest BCUT2D eigenvalue weighted by atomic mass is 32.1. The van der Waals surface area contributed by atoms with Gasteiger partial charge in [-0.25, -0.2) is 4.98 Å². The normalized spacial score (nSPS) is 11.7. The largest absolute Gasteiger partial charge is 0.350 e. The Morgan fingerprint density at radius 1 is 1.18 bits per heavy atom. The van der Waals surface area contributed by atoms with Crippen LogP contribution in [0.1, 0.15) is 45.6 Å². The minimum Gasteiger partial charge on any atom is -0.350 e. The van der Waals surface area contributed by atoms with Crippen LogP contribution in [0.2, 0.25) is 0 Å². The minimum atomic E-state index is -0.255. The van der Waals surface area contributed by atoms with Crippen molar-refractivity contribution in [1.29, 1.82) is 0 Å². The Kier molecular flexibility index (Phi) is 5.66. The Labute approximate surface area is 133 Å². The number of hydrogen-bond donors (Lipinski definition) is 2. The summed E-state index contributed by atoms with van der Waals surface area (Å²) >= 11 is 1.17. The highest BCUT2D eigenvalue weighted by Crippen LogP contribution is 2.14. The zero-order chi connectivity index (χ0) is 15.9. The van der Waals surface area contributed by atoms with Crippen molar-refractivity contribution < 1.29 is 9.59 Å².